The number of likely N-dealkylation sites (N-methyl/N-ethyl adjacent to an activating group) is 1. The van der Waals surface area contributed by atoms with Crippen molar-refractivity contribution in [2.75, 3.05) is 31.2 Å². The van der Waals surface area contributed by atoms with Gasteiger partial charge >= 0.3 is 0 Å². The molecule has 0 aliphatic heterocycles. The van der Waals surface area contributed by atoms with Gasteiger partial charge in [0, 0.05) is 0 Å². The highest BCUT2D eigenvalue weighted by molar-refractivity contribution is 5.95. The highest BCUT2D eigenvalue weighted by Gasteiger charge is 2.08. The molecule has 0 aromatic heterocycles. The first-order valence-electron chi connectivity index (χ1n) is 6.06. The van der Waals surface area contributed by atoms with Crippen molar-refractivity contribution in [2.24, 2.45) is 0 Å². The van der Waals surface area contributed by atoms with Crippen LogP contribution >= 0.6 is 0 Å². The molecule has 0 saturated carbocycles. The Hall–Kier alpha value is -1.62. The lowest BCUT2D eigenvalue weighted by atomic mass is 10.2. The Labute approximate surface area is 107 Å². The van der Waals surface area contributed by atoms with Gasteiger partial charge in [0.25, 0.3) is 0 Å². The van der Waals surface area contributed by atoms with E-state index in [1.165, 1.54) is 18.2 Å². The van der Waals surface area contributed by atoms with Crippen molar-refractivity contribution >= 4 is 17.3 Å². The van der Waals surface area contributed by atoms with Gasteiger partial charge in [-0.2, -0.15) is 0 Å². The van der Waals surface area contributed by atoms with E-state index >= 15 is 0 Å². The minimum absolute atomic E-state index is 0.146. The SMILES string of the molecule is CCCCN(C)CC(=O)Nc1ccc(F)cc1N. The molecule has 1 aromatic rings. The van der Waals surface area contributed by atoms with Crippen LogP contribution in [0.25, 0.3) is 0 Å². The van der Waals surface area contributed by atoms with Crippen LogP contribution < -0.4 is 11.1 Å². The molecule has 1 rings (SSSR count). The van der Waals surface area contributed by atoms with Gasteiger partial charge in [-0.05, 0) is 38.2 Å². The standard InChI is InChI=1S/C13H20FN3O/c1-3-4-7-17(2)9-13(18)16-12-6-5-10(14)8-11(12)15/h5-6,8H,3-4,7,9,15H2,1-2H3,(H,16,18). The van der Waals surface area contributed by atoms with Crippen molar-refractivity contribution < 1.29 is 9.18 Å². The van der Waals surface area contributed by atoms with Gasteiger partial charge in [0.2, 0.25) is 5.91 Å². The molecular weight excluding hydrogens is 233 g/mol. The van der Waals surface area contributed by atoms with E-state index in [9.17, 15) is 9.18 Å². The average Bonchev–Trinajstić information content (AvgIpc) is 2.30. The third-order valence-corrected chi connectivity index (χ3v) is 2.59. The molecule has 0 unspecified atom stereocenters. The van der Waals surface area contributed by atoms with Gasteiger partial charge < -0.3 is 11.1 Å². The normalized spacial score (nSPS) is 10.7. The summed E-state index contributed by atoms with van der Waals surface area (Å²) in [5.41, 5.74) is 6.30. The molecule has 0 saturated heterocycles. The average molecular weight is 253 g/mol. The fourth-order valence-corrected chi connectivity index (χ4v) is 1.59. The molecule has 0 bridgehead atoms. The topological polar surface area (TPSA) is 58.4 Å². The summed E-state index contributed by atoms with van der Waals surface area (Å²) in [6.45, 7) is 3.28. The van der Waals surface area contributed by atoms with Crippen LogP contribution in [-0.4, -0.2) is 30.9 Å². The fraction of sp³-hybridized carbons (Fsp3) is 0.462. The van der Waals surface area contributed by atoms with E-state index in [2.05, 4.69) is 12.2 Å². The van der Waals surface area contributed by atoms with Crippen molar-refractivity contribution in [3.63, 3.8) is 0 Å². The number of hydrogen-bond acceptors (Lipinski definition) is 3. The Morgan fingerprint density at radius 1 is 1.50 bits per heavy atom. The Kier molecular flexibility index (Phi) is 5.58. The van der Waals surface area contributed by atoms with Crippen LogP contribution in [0.2, 0.25) is 0 Å². The minimum Gasteiger partial charge on any atom is -0.397 e. The van der Waals surface area contributed by atoms with Gasteiger partial charge in [0.15, 0.2) is 0 Å². The third kappa shape index (κ3) is 4.71. The molecule has 0 heterocycles. The molecule has 0 atom stereocenters. The zero-order valence-corrected chi connectivity index (χ0v) is 10.9. The number of anilines is 2. The number of benzene rings is 1. The van der Waals surface area contributed by atoms with Gasteiger partial charge in [0.1, 0.15) is 5.82 Å². The summed E-state index contributed by atoms with van der Waals surface area (Å²) in [4.78, 5) is 13.7. The van der Waals surface area contributed by atoms with Crippen LogP contribution in [0.15, 0.2) is 18.2 Å². The lowest BCUT2D eigenvalue weighted by Crippen LogP contribution is -2.31. The van der Waals surface area contributed by atoms with Gasteiger partial charge in [-0.15, -0.1) is 0 Å². The van der Waals surface area contributed by atoms with Crippen molar-refractivity contribution in [3.05, 3.63) is 24.0 Å². The maximum Gasteiger partial charge on any atom is 0.238 e. The number of nitrogens with one attached hydrogen (secondary N) is 1. The summed E-state index contributed by atoms with van der Waals surface area (Å²) in [5, 5.41) is 2.67. The molecule has 4 nitrogen and oxygen atoms in total. The van der Waals surface area contributed by atoms with Crippen LogP contribution in [-0.2, 0) is 4.79 Å². The molecular formula is C13H20FN3O. The van der Waals surface area contributed by atoms with Gasteiger partial charge in [-0.1, -0.05) is 13.3 Å². The summed E-state index contributed by atoms with van der Waals surface area (Å²) in [6, 6.07) is 3.93. The van der Waals surface area contributed by atoms with E-state index in [0.717, 1.165) is 19.4 Å². The number of carbonyl (C=O) groups excluding carboxylic acids is 1. The summed E-state index contributed by atoms with van der Waals surface area (Å²) >= 11 is 0. The van der Waals surface area contributed by atoms with Crippen LogP contribution in [0.1, 0.15) is 19.8 Å². The first-order valence-corrected chi connectivity index (χ1v) is 6.06. The quantitative estimate of drug-likeness (QED) is 0.763. The van der Waals surface area contributed by atoms with E-state index < -0.39 is 5.82 Å². The second-order valence-electron chi connectivity index (χ2n) is 4.37. The van der Waals surface area contributed by atoms with Crippen molar-refractivity contribution in [1.82, 2.24) is 4.90 Å². The van der Waals surface area contributed by atoms with E-state index in [-0.39, 0.29) is 11.6 Å². The van der Waals surface area contributed by atoms with Crippen LogP contribution in [0.3, 0.4) is 0 Å². The van der Waals surface area contributed by atoms with E-state index in [4.69, 9.17) is 5.73 Å². The highest BCUT2D eigenvalue weighted by atomic mass is 19.1. The number of rotatable bonds is 6. The molecule has 1 aromatic carbocycles. The van der Waals surface area contributed by atoms with E-state index in [1.54, 1.807) is 0 Å². The molecule has 0 aliphatic carbocycles. The fourth-order valence-electron chi connectivity index (χ4n) is 1.59. The predicted molar refractivity (Wildman–Crippen MR) is 71.8 cm³/mol. The molecule has 100 valence electrons. The van der Waals surface area contributed by atoms with Gasteiger partial charge in [-0.25, -0.2) is 4.39 Å². The van der Waals surface area contributed by atoms with Crippen LogP contribution in [0.5, 0.6) is 0 Å². The van der Waals surface area contributed by atoms with Crippen molar-refractivity contribution in [2.45, 2.75) is 19.8 Å². The second kappa shape index (κ2) is 6.96. The molecule has 0 radical (unpaired) electrons. The Morgan fingerprint density at radius 2 is 2.22 bits per heavy atom. The van der Waals surface area contributed by atoms with Crippen LogP contribution in [0, 0.1) is 5.82 Å². The van der Waals surface area contributed by atoms with E-state index in [1.807, 2.05) is 11.9 Å². The monoisotopic (exact) mass is 253 g/mol. The first-order chi connectivity index (χ1) is 8.52. The number of amides is 1. The maximum absolute atomic E-state index is 12.8. The first kappa shape index (κ1) is 14.4. The smallest absolute Gasteiger partial charge is 0.238 e. The van der Waals surface area contributed by atoms with Gasteiger partial charge in [-0.3, -0.25) is 9.69 Å². The Bertz CT molecular complexity index is 409. The highest BCUT2D eigenvalue weighted by Crippen LogP contribution is 2.18. The Morgan fingerprint density at radius 3 is 2.83 bits per heavy atom. The lowest BCUT2D eigenvalue weighted by molar-refractivity contribution is -0.117. The lowest BCUT2D eigenvalue weighted by Gasteiger charge is -2.16. The molecule has 18 heavy (non-hydrogen) atoms. The van der Waals surface area contributed by atoms with Crippen molar-refractivity contribution in [3.8, 4) is 0 Å². The number of unbranched alkanes of at least 4 members (excludes halogenated alkanes) is 1. The second-order valence-corrected chi connectivity index (χ2v) is 4.37. The summed E-state index contributed by atoms with van der Waals surface area (Å²) < 4.78 is 12.8. The molecule has 5 heteroatoms. The molecule has 1 amide bonds. The zero-order valence-electron chi connectivity index (χ0n) is 10.9. The predicted octanol–water partition coefficient (Wildman–Crippen LogP) is 2.08. The number of nitrogens with zero attached hydrogens (tertiary/aromatic N) is 1. The summed E-state index contributed by atoms with van der Waals surface area (Å²) in [6.07, 6.45) is 2.15. The Balaban J connectivity index is 2.49. The molecule has 0 spiro atoms. The summed E-state index contributed by atoms with van der Waals surface area (Å²) in [5.74, 6) is -0.558. The largest absolute Gasteiger partial charge is 0.397 e. The van der Waals surface area contributed by atoms with E-state index in [0.29, 0.717) is 12.2 Å². The third-order valence-electron chi connectivity index (χ3n) is 2.59. The number of nitrogen functional groups attached to an aromatic ring is 1. The van der Waals surface area contributed by atoms with Gasteiger partial charge in [0.05, 0.1) is 17.9 Å². The van der Waals surface area contributed by atoms with Crippen molar-refractivity contribution in [1.29, 1.82) is 0 Å². The maximum atomic E-state index is 12.8. The minimum atomic E-state index is -0.412. The number of nitrogens with two attached hydrogens (primary N) is 1. The molecule has 0 aliphatic rings. The molecule has 0 fully saturated rings. The van der Waals surface area contributed by atoms with Crippen LogP contribution in [0.4, 0.5) is 15.8 Å². The number of hydrogen-bond donors (Lipinski definition) is 2. The molecule has 3 N–H and O–H groups in total. The summed E-state index contributed by atoms with van der Waals surface area (Å²) in [7, 11) is 1.89. The zero-order chi connectivity index (χ0) is 13.5. The number of carbonyl (C=O) groups is 1. The number of halogens is 1.